The van der Waals surface area contributed by atoms with Gasteiger partial charge in [0.15, 0.2) is 0 Å². The van der Waals surface area contributed by atoms with Crippen molar-refractivity contribution in [2.45, 2.75) is 51.6 Å². The van der Waals surface area contributed by atoms with Gasteiger partial charge in [-0.2, -0.15) is 0 Å². The van der Waals surface area contributed by atoms with E-state index in [1.54, 1.807) is 0 Å². The van der Waals surface area contributed by atoms with E-state index in [2.05, 4.69) is 31.0 Å². The molecule has 0 spiro atoms. The fourth-order valence-corrected chi connectivity index (χ4v) is 2.88. The molecule has 1 aromatic carbocycles. The second kappa shape index (κ2) is 9.61. The molecular formula is C19H30ClN5. The normalized spacial score (nSPS) is 13.1. The maximum Gasteiger partial charge on any atom is 0.129 e. The summed E-state index contributed by atoms with van der Waals surface area (Å²) in [4.78, 5) is 4.38. The minimum absolute atomic E-state index is 0. The molecule has 2 atom stereocenters. The van der Waals surface area contributed by atoms with Gasteiger partial charge in [-0.25, -0.2) is 4.98 Å². The SMILES string of the molecule is CCC(N)Cc1c(N)nc(N)c(CC(N)CC)c1-c1ccccc1.Cl. The van der Waals surface area contributed by atoms with Crippen LogP contribution in [0.1, 0.15) is 37.8 Å². The first-order valence-corrected chi connectivity index (χ1v) is 8.61. The van der Waals surface area contributed by atoms with Crippen LogP contribution >= 0.6 is 12.4 Å². The van der Waals surface area contributed by atoms with Gasteiger partial charge in [0.05, 0.1) is 0 Å². The molecule has 6 heteroatoms. The Morgan fingerprint density at radius 1 is 0.840 bits per heavy atom. The molecule has 2 rings (SSSR count). The Labute approximate surface area is 156 Å². The molecule has 0 saturated carbocycles. The second-order valence-electron chi connectivity index (χ2n) is 6.33. The lowest BCUT2D eigenvalue weighted by Gasteiger charge is -2.22. The summed E-state index contributed by atoms with van der Waals surface area (Å²) in [5.74, 6) is 0.924. The smallest absolute Gasteiger partial charge is 0.129 e. The number of nitrogen functional groups attached to an aromatic ring is 2. The monoisotopic (exact) mass is 363 g/mol. The third kappa shape index (κ3) is 5.08. The van der Waals surface area contributed by atoms with Crippen LogP contribution in [-0.2, 0) is 12.8 Å². The molecule has 0 saturated heterocycles. The lowest BCUT2D eigenvalue weighted by atomic mass is 9.88. The van der Waals surface area contributed by atoms with Crippen molar-refractivity contribution < 1.29 is 0 Å². The van der Waals surface area contributed by atoms with Gasteiger partial charge in [-0.15, -0.1) is 12.4 Å². The molecule has 138 valence electrons. The first kappa shape index (κ1) is 21.2. The summed E-state index contributed by atoms with van der Waals surface area (Å²) < 4.78 is 0. The van der Waals surface area contributed by atoms with Crippen LogP contribution < -0.4 is 22.9 Å². The topological polar surface area (TPSA) is 117 Å². The van der Waals surface area contributed by atoms with Gasteiger partial charge in [0.2, 0.25) is 0 Å². The Bertz CT molecular complexity index is 639. The summed E-state index contributed by atoms with van der Waals surface area (Å²) in [6.07, 6.45) is 3.10. The van der Waals surface area contributed by atoms with Crippen molar-refractivity contribution in [1.29, 1.82) is 0 Å². The summed E-state index contributed by atoms with van der Waals surface area (Å²) in [6.45, 7) is 4.14. The Hall–Kier alpha value is -1.82. The maximum atomic E-state index is 6.22. The first-order valence-electron chi connectivity index (χ1n) is 8.61. The van der Waals surface area contributed by atoms with Crippen LogP contribution in [0.15, 0.2) is 30.3 Å². The maximum absolute atomic E-state index is 6.22. The van der Waals surface area contributed by atoms with Crippen molar-refractivity contribution in [3.8, 4) is 11.1 Å². The number of halogens is 1. The second-order valence-corrected chi connectivity index (χ2v) is 6.33. The fourth-order valence-electron chi connectivity index (χ4n) is 2.88. The van der Waals surface area contributed by atoms with Gasteiger partial charge in [0.25, 0.3) is 0 Å². The number of anilines is 2. The predicted octanol–water partition coefficient (Wildman–Crippen LogP) is 2.89. The van der Waals surface area contributed by atoms with Crippen molar-refractivity contribution in [3.63, 3.8) is 0 Å². The fraction of sp³-hybridized carbons (Fsp3) is 0.421. The molecule has 8 N–H and O–H groups in total. The largest absolute Gasteiger partial charge is 0.383 e. The van der Waals surface area contributed by atoms with Gasteiger partial charge in [-0.05, 0) is 36.8 Å². The molecule has 1 aromatic heterocycles. The molecule has 0 fully saturated rings. The number of rotatable bonds is 7. The van der Waals surface area contributed by atoms with E-state index >= 15 is 0 Å². The average molecular weight is 364 g/mol. The van der Waals surface area contributed by atoms with E-state index in [1.807, 2.05) is 18.2 Å². The number of nitrogens with two attached hydrogens (primary N) is 4. The lowest BCUT2D eigenvalue weighted by Crippen LogP contribution is -2.26. The minimum Gasteiger partial charge on any atom is -0.383 e. The molecule has 0 aliphatic heterocycles. The van der Waals surface area contributed by atoms with Crippen LogP contribution in [-0.4, -0.2) is 17.1 Å². The summed E-state index contributed by atoms with van der Waals surface area (Å²) >= 11 is 0. The molecule has 25 heavy (non-hydrogen) atoms. The van der Waals surface area contributed by atoms with E-state index in [9.17, 15) is 0 Å². The van der Waals surface area contributed by atoms with Gasteiger partial charge < -0.3 is 22.9 Å². The number of aromatic nitrogens is 1. The zero-order valence-corrected chi connectivity index (χ0v) is 15.9. The van der Waals surface area contributed by atoms with Crippen LogP contribution in [0.5, 0.6) is 0 Å². The molecular weight excluding hydrogens is 334 g/mol. The van der Waals surface area contributed by atoms with Crippen LogP contribution in [0.2, 0.25) is 0 Å². The third-order valence-electron chi connectivity index (χ3n) is 4.51. The Kier molecular flexibility index (Phi) is 8.16. The highest BCUT2D eigenvalue weighted by atomic mass is 35.5. The lowest BCUT2D eigenvalue weighted by molar-refractivity contribution is 0.638. The van der Waals surface area contributed by atoms with E-state index in [0.29, 0.717) is 24.5 Å². The number of hydrogen-bond donors (Lipinski definition) is 4. The van der Waals surface area contributed by atoms with Gasteiger partial charge in [0.1, 0.15) is 11.6 Å². The molecule has 2 aromatic rings. The van der Waals surface area contributed by atoms with Crippen molar-refractivity contribution in [3.05, 3.63) is 41.5 Å². The van der Waals surface area contributed by atoms with E-state index in [4.69, 9.17) is 22.9 Å². The zero-order valence-electron chi connectivity index (χ0n) is 15.0. The standard InChI is InChI=1S/C19H29N5.ClH/c1-3-13(20)10-15-17(12-8-6-5-7-9-12)16(11-14(21)4-2)19(23)24-18(15)22;/h5-9,13-14H,3-4,10-11,20-21H2,1-2H3,(H4,22,23,24);1H. The molecule has 0 aliphatic rings. The number of nitrogens with zero attached hydrogens (tertiary/aromatic N) is 1. The van der Waals surface area contributed by atoms with Gasteiger partial charge in [-0.1, -0.05) is 44.2 Å². The van der Waals surface area contributed by atoms with Crippen LogP contribution in [0, 0.1) is 0 Å². The molecule has 0 radical (unpaired) electrons. The van der Waals surface area contributed by atoms with E-state index in [0.717, 1.165) is 35.1 Å². The van der Waals surface area contributed by atoms with E-state index in [-0.39, 0.29) is 24.5 Å². The zero-order chi connectivity index (χ0) is 17.7. The minimum atomic E-state index is 0. The average Bonchev–Trinajstić information content (AvgIpc) is 2.59. The van der Waals surface area contributed by atoms with Crippen molar-refractivity contribution >= 4 is 24.0 Å². The van der Waals surface area contributed by atoms with Gasteiger partial charge >= 0.3 is 0 Å². The third-order valence-corrected chi connectivity index (χ3v) is 4.51. The molecule has 0 aliphatic carbocycles. The van der Waals surface area contributed by atoms with Crippen molar-refractivity contribution in [2.24, 2.45) is 11.5 Å². The molecule has 1 heterocycles. The van der Waals surface area contributed by atoms with E-state index in [1.165, 1.54) is 0 Å². The number of benzene rings is 1. The summed E-state index contributed by atoms with van der Waals surface area (Å²) in [6, 6.07) is 10.2. The quantitative estimate of drug-likeness (QED) is 0.603. The number of pyridine rings is 1. The van der Waals surface area contributed by atoms with Gasteiger partial charge in [-0.3, -0.25) is 0 Å². The van der Waals surface area contributed by atoms with E-state index < -0.39 is 0 Å². The Morgan fingerprint density at radius 2 is 1.28 bits per heavy atom. The Morgan fingerprint density at radius 3 is 1.68 bits per heavy atom. The first-order chi connectivity index (χ1) is 11.5. The summed E-state index contributed by atoms with van der Waals surface area (Å²) in [7, 11) is 0. The highest BCUT2D eigenvalue weighted by Crippen LogP contribution is 2.35. The Balaban J connectivity index is 0.00000312. The van der Waals surface area contributed by atoms with Gasteiger partial charge in [0, 0.05) is 23.2 Å². The highest BCUT2D eigenvalue weighted by Gasteiger charge is 2.21. The molecule has 2 unspecified atom stereocenters. The summed E-state index contributed by atoms with van der Waals surface area (Å²) in [5.41, 5.74) is 28.9. The predicted molar refractivity (Wildman–Crippen MR) is 110 cm³/mol. The van der Waals surface area contributed by atoms with Crippen molar-refractivity contribution in [1.82, 2.24) is 4.98 Å². The molecule has 0 bridgehead atoms. The van der Waals surface area contributed by atoms with Crippen LogP contribution in [0.3, 0.4) is 0 Å². The van der Waals surface area contributed by atoms with Crippen LogP contribution in [0.4, 0.5) is 11.6 Å². The molecule has 5 nitrogen and oxygen atoms in total. The van der Waals surface area contributed by atoms with Crippen molar-refractivity contribution in [2.75, 3.05) is 11.5 Å². The highest BCUT2D eigenvalue weighted by molar-refractivity contribution is 5.85. The number of hydrogen-bond acceptors (Lipinski definition) is 5. The van der Waals surface area contributed by atoms with Crippen LogP contribution in [0.25, 0.3) is 11.1 Å². The summed E-state index contributed by atoms with van der Waals surface area (Å²) in [5, 5.41) is 0. The molecule has 0 amide bonds.